The van der Waals surface area contributed by atoms with E-state index < -0.39 is 9.89 Å². The highest BCUT2D eigenvalue weighted by atomic mass is 32.2. The van der Waals surface area contributed by atoms with Crippen LogP contribution in [0.2, 0.25) is 0 Å². The molecule has 12 heterocycles. The fourth-order valence-corrected chi connectivity index (χ4v) is 19.6. The maximum absolute atomic E-state index is 12.1. The van der Waals surface area contributed by atoms with Crippen LogP contribution in [0.15, 0.2) is 238 Å². The molecule has 0 amide bonds. The van der Waals surface area contributed by atoms with Gasteiger partial charge in [0.15, 0.2) is 0 Å². The number of hydrogen-bond acceptors (Lipinski definition) is 30. The van der Waals surface area contributed by atoms with Crippen molar-refractivity contribution in [2.24, 2.45) is 32.2 Å². The minimum Gasteiger partial charge on any atom is -0.497 e. The zero-order valence-corrected chi connectivity index (χ0v) is 88.6. The Morgan fingerprint density at radius 2 is 0.767 bits per heavy atom. The van der Waals surface area contributed by atoms with Gasteiger partial charge in [-0.15, -0.1) is 0 Å². The number of anilines is 8. The molecule has 0 radical (unpaired) electrons. The van der Waals surface area contributed by atoms with Gasteiger partial charge in [-0.05, 0) is 150 Å². The van der Waals surface area contributed by atoms with Crippen molar-refractivity contribution in [3.8, 4) is 91.0 Å². The predicted molar refractivity (Wildman–Crippen MR) is 593 cm³/mol. The molecule has 20 rings (SSSR count). The van der Waals surface area contributed by atoms with Crippen molar-refractivity contribution in [1.82, 2.24) is 108 Å². The molecule has 17 aromatic rings. The third kappa shape index (κ3) is 26.9. The zero-order valence-electron chi connectivity index (χ0n) is 87.7. The Morgan fingerprint density at radius 1 is 0.407 bits per heavy atom. The van der Waals surface area contributed by atoms with Crippen molar-refractivity contribution in [3.63, 3.8) is 0 Å². The van der Waals surface area contributed by atoms with Crippen molar-refractivity contribution >= 4 is 105 Å². The third-order valence-corrected chi connectivity index (χ3v) is 28.2. The first-order valence-electron chi connectivity index (χ1n) is 50.3. The molecular weight excluding hydrogens is 1920 g/mol. The number of imidazole rings is 1. The lowest BCUT2D eigenvalue weighted by Crippen LogP contribution is -2.48. The summed E-state index contributed by atoms with van der Waals surface area (Å²) >= 11 is 0. The first kappa shape index (κ1) is 106. The quantitative estimate of drug-likeness (QED) is 0.0239. The second-order valence-electron chi connectivity index (χ2n) is 37.1. The van der Waals surface area contributed by atoms with Gasteiger partial charge in [0.1, 0.15) is 51.8 Å². The zero-order chi connectivity index (χ0) is 105. The van der Waals surface area contributed by atoms with Crippen LogP contribution in [0.5, 0.6) is 46.0 Å². The molecule has 3 aliphatic rings. The van der Waals surface area contributed by atoms with Crippen molar-refractivity contribution in [2.75, 3.05) is 169 Å². The average Bonchev–Trinajstić information content (AvgIpc) is 1.11. The number of nitrogens with zero attached hydrogens (tertiary/aromatic N) is 24. The SMILES string of the molecule is C=S(N)(=O)N1CCC(NCCN(c2cc(OC)cc(OC)c2)c2ccc3ncc(-c4cnn(C)c4)nc3c2)CC1.CNCCN(c1cc(OC)cc(OC)c1)c1ccc2ncc(-c3cnn(CC4CCOCC4)c3)nc2c1.COc1cc(OC)cc(N(CCCN2CC=CCC2)c2ccc3ncc(-c4cnn(C)c4)nc3c2)c1.COc1cc(OC)cc(N(CCCn2c(C)cnc2C)c2ccc3ncc(-c4cnn(C)c4)nc3c2)c1. The van der Waals surface area contributed by atoms with Gasteiger partial charge >= 0.3 is 0 Å². The van der Waals surface area contributed by atoms with Gasteiger partial charge < -0.3 is 77.4 Å². The van der Waals surface area contributed by atoms with Gasteiger partial charge in [0.05, 0.1) is 183 Å². The number of methoxy groups -OCH3 is 8. The third-order valence-electron chi connectivity index (χ3n) is 26.9. The van der Waals surface area contributed by atoms with Crippen molar-refractivity contribution in [1.29, 1.82) is 0 Å². The van der Waals surface area contributed by atoms with Crippen LogP contribution in [0.3, 0.4) is 0 Å². The number of piperidine rings is 1. The number of ether oxygens (including phenoxy) is 9. The fraction of sp³-hybridized carbons (Fsp3) is 0.339. The topological polar surface area (TPSA) is 362 Å². The molecule has 2 saturated heterocycles. The highest BCUT2D eigenvalue weighted by molar-refractivity contribution is 7.96. The fourth-order valence-electron chi connectivity index (χ4n) is 18.7. The molecular formula is C112H133N27O10S. The lowest BCUT2D eigenvalue weighted by atomic mass is 10.0. The van der Waals surface area contributed by atoms with Crippen LogP contribution in [0.1, 0.15) is 56.5 Å². The monoisotopic (exact) mass is 2050 g/mol. The van der Waals surface area contributed by atoms with E-state index in [2.05, 4.69) is 165 Å². The Balaban J connectivity index is 0.000000136. The maximum atomic E-state index is 12.1. The minimum absolute atomic E-state index is 0.309. The molecule has 0 saturated carbocycles. The van der Waals surface area contributed by atoms with Crippen LogP contribution >= 0.6 is 0 Å². The number of rotatable bonds is 38. The molecule has 8 aromatic carbocycles. The smallest absolute Gasteiger partial charge is 0.124 e. The van der Waals surface area contributed by atoms with Crippen LogP contribution in [0.4, 0.5) is 45.5 Å². The van der Waals surface area contributed by atoms with Gasteiger partial charge in [0, 0.05) is 303 Å². The van der Waals surface area contributed by atoms with E-state index in [0.29, 0.717) is 43.1 Å². The first-order chi connectivity index (χ1) is 73.0. The number of aromatic nitrogens is 18. The summed E-state index contributed by atoms with van der Waals surface area (Å²) in [6, 6.07) is 48.7. The molecule has 37 nitrogen and oxygen atoms in total. The molecule has 9 aromatic heterocycles. The Hall–Kier alpha value is -15.7. The molecule has 0 bridgehead atoms. The van der Waals surface area contributed by atoms with Gasteiger partial charge in [-0.1, -0.05) is 12.2 Å². The number of aryl methyl sites for hydroxylation is 5. The van der Waals surface area contributed by atoms with E-state index in [1.165, 1.54) is 0 Å². The number of benzene rings is 8. The highest BCUT2D eigenvalue weighted by Gasteiger charge is 2.27. The summed E-state index contributed by atoms with van der Waals surface area (Å²) in [5.41, 5.74) is 22.7. The molecule has 782 valence electrons. The van der Waals surface area contributed by atoms with Crippen molar-refractivity contribution in [3.05, 3.63) is 250 Å². The van der Waals surface area contributed by atoms with Gasteiger partial charge in [-0.2, -0.15) is 20.4 Å². The van der Waals surface area contributed by atoms with Crippen molar-refractivity contribution in [2.45, 2.75) is 77.9 Å². The van der Waals surface area contributed by atoms with Crippen LogP contribution < -0.4 is 73.3 Å². The summed E-state index contributed by atoms with van der Waals surface area (Å²) in [5, 5.41) is 30.0. The molecule has 1 atom stereocenters. The molecule has 150 heavy (non-hydrogen) atoms. The number of fused-ring (bicyclic) bond motifs is 4. The molecule has 4 N–H and O–H groups in total. The molecule has 0 aliphatic carbocycles. The van der Waals surface area contributed by atoms with Gasteiger partial charge in [-0.25, -0.2) is 38.6 Å². The van der Waals surface area contributed by atoms with Gasteiger partial charge in [-0.3, -0.25) is 43.6 Å². The Kier molecular flexibility index (Phi) is 35.1. The minimum atomic E-state index is -2.65. The summed E-state index contributed by atoms with van der Waals surface area (Å²) in [4.78, 5) is 54.2. The maximum Gasteiger partial charge on any atom is 0.124 e. The summed E-state index contributed by atoms with van der Waals surface area (Å²) in [6.45, 7) is 16.7. The number of nitrogens with one attached hydrogen (secondary N) is 2. The second kappa shape index (κ2) is 49.9. The van der Waals surface area contributed by atoms with E-state index in [1.807, 2.05) is 180 Å². The van der Waals surface area contributed by atoms with E-state index >= 15 is 0 Å². The Morgan fingerprint density at radius 3 is 1.10 bits per heavy atom. The van der Waals surface area contributed by atoms with Crippen LogP contribution in [0.25, 0.3) is 89.2 Å². The number of likely N-dealkylation sites (N-methyl/N-ethyl adjacent to an activating group) is 1. The standard InChI is InChI=1S/C28H36N8O3S.C28H31N7O2.C28H34N6O3.C28H32N6O2/c1-34-19-20(17-32-34)28-18-31-26-6-5-22(15-27(26)33-28)36(23-13-24(38-2)16-25(14-23)39-3)12-9-30-21-7-10-35(11-8-21)40(4,29)37;1-19-15-29-20(2)34(19)9-6-10-35(23-11-24(36-4)14-25(12-23)37-5)22-7-8-26-27(13-22)32-28(17-30-26)21-16-31-33(3)18-21;1-29-8-9-34(23-12-24(35-2)15-25(13-23)36-3)22-4-5-26-27(14-22)32-28(17-30-26)21-16-31-33(19-21)18-20-6-10-37-11-7-20;1-32-20-21(18-30-32)28-19-29-26-9-8-22(16-27(26)31-28)34(13-7-12-33-10-5-4-6-11-33)23-14-24(35-2)17-25(15-23)36-3/h5-6,13-19,21,30H,4,7-12H2,1-3H3,(H2,29,37);7-8,11-18H,6,9-10H2,1-5H3;4-5,12-17,19-20,29H,6-11,18H2,1-3H3;4-5,8-9,14-20H,6-7,10-13H2,1-3H3. The van der Waals surface area contributed by atoms with Gasteiger partial charge in [0.2, 0.25) is 0 Å². The summed E-state index contributed by atoms with van der Waals surface area (Å²) < 4.78 is 73.3. The lowest BCUT2D eigenvalue weighted by molar-refractivity contribution is 0.0601. The van der Waals surface area contributed by atoms with Gasteiger partial charge in [0.25, 0.3) is 0 Å². The normalized spacial score (nSPS) is 13.8. The summed E-state index contributed by atoms with van der Waals surface area (Å²) in [7, 11) is 18.3. The first-order valence-corrected chi connectivity index (χ1v) is 52.0. The summed E-state index contributed by atoms with van der Waals surface area (Å²) in [5.74, 6) is 11.1. The molecule has 3 aliphatic heterocycles. The van der Waals surface area contributed by atoms with E-state index in [4.69, 9.17) is 67.7 Å². The highest BCUT2D eigenvalue weighted by Crippen LogP contribution is 2.41. The van der Waals surface area contributed by atoms with E-state index in [0.717, 1.165) is 304 Å². The van der Waals surface area contributed by atoms with Crippen LogP contribution in [-0.2, 0) is 48.9 Å². The largest absolute Gasteiger partial charge is 0.497 e. The average molecular weight is 2050 g/mol. The Bertz CT molecular complexity index is 7480. The molecule has 0 spiro atoms. The molecule has 1 unspecified atom stereocenters. The van der Waals surface area contributed by atoms with Crippen molar-refractivity contribution < 1.29 is 46.8 Å². The molecule has 38 heteroatoms. The van der Waals surface area contributed by atoms with E-state index in [9.17, 15) is 4.21 Å². The number of nitrogens with two attached hydrogens (primary N) is 1. The van der Waals surface area contributed by atoms with E-state index in [1.54, 1.807) is 106 Å². The molecule has 2 fully saturated rings. The lowest BCUT2D eigenvalue weighted by Gasteiger charge is -2.33. The van der Waals surface area contributed by atoms with E-state index in [-0.39, 0.29) is 0 Å². The summed E-state index contributed by atoms with van der Waals surface area (Å²) in [6.07, 6.45) is 35.7. The Labute approximate surface area is 875 Å². The van der Waals surface area contributed by atoms with Crippen LogP contribution in [0, 0.1) is 19.8 Å². The number of hydrogen-bond donors (Lipinski definition) is 3. The second-order valence-corrected chi connectivity index (χ2v) is 39.0. The predicted octanol–water partition coefficient (Wildman–Crippen LogP) is 17.0. The van der Waals surface area contributed by atoms with Crippen LogP contribution in [-0.4, -0.2) is 263 Å².